The van der Waals surface area contributed by atoms with Crippen molar-refractivity contribution < 1.29 is 14.4 Å². The molecule has 3 aromatic rings. The standard InChI is InChI=1S/C17H15ClN2O3/c1-2-22-14-6-7-15-11(8-14)9-16(23-15)17(20-21)19-13-5-3-4-12(18)10-13/h3-10,21H,2H2,1H3,(H,19,20). The SMILES string of the molecule is CCOc1ccc2oc(/C(=N\O)Nc3cccc(Cl)c3)cc2c1. The summed E-state index contributed by atoms with van der Waals surface area (Å²) in [7, 11) is 0. The lowest BCUT2D eigenvalue weighted by molar-refractivity contribution is 0.318. The number of nitrogens with zero attached hydrogens (tertiary/aromatic N) is 1. The molecule has 2 N–H and O–H groups in total. The Morgan fingerprint density at radius 2 is 2.13 bits per heavy atom. The first kappa shape index (κ1) is 15.2. The first-order chi connectivity index (χ1) is 11.2. The van der Waals surface area contributed by atoms with Gasteiger partial charge in [0.15, 0.2) is 5.76 Å². The van der Waals surface area contributed by atoms with Crippen LogP contribution in [0.2, 0.25) is 5.02 Å². The highest BCUT2D eigenvalue weighted by atomic mass is 35.5. The summed E-state index contributed by atoms with van der Waals surface area (Å²) >= 11 is 5.95. The maximum absolute atomic E-state index is 9.28. The summed E-state index contributed by atoms with van der Waals surface area (Å²) in [6.07, 6.45) is 0. The van der Waals surface area contributed by atoms with Crippen LogP contribution in [0, 0.1) is 0 Å². The van der Waals surface area contributed by atoms with Crippen LogP contribution in [-0.2, 0) is 0 Å². The van der Waals surface area contributed by atoms with Crippen molar-refractivity contribution in [2.45, 2.75) is 6.92 Å². The van der Waals surface area contributed by atoms with Gasteiger partial charge in [0.2, 0.25) is 5.84 Å². The summed E-state index contributed by atoms with van der Waals surface area (Å²) in [5.74, 6) is 1.37. The van der Waals surface area contributed by atoms with Gasteiger partial charge in [0.25, 0.3) is 0 Å². The van der Waals surface area contributed by atoms with E-state index in [4.69, 9.17) is 20.8 Å². The Balaban J connectivity index is 1.90. The number of benzene rings is 2. The Labute approximate surface area is 138 Å². The van der Waals surface area contributed by atoms with E-state index in [0.29, 0.717) is 28.7 Å². The fraction of sp³-hybridized carbons (Fsp3) is 0.118. The number of fused-ring (bicyclic) bond motifs is 1. The molecule has 0 saturated heterocycles. The number of rotatable bonds is 4. The zero-order chi connectivity index (χ0) is 16.2. The Morgan fingerprint density at radius 3 is 2.87 bits per heavy atom. The number of amidine groups is 1. The fourth-order valence-electron chi connectivity index (χ4n) is 2.23. The van der Waals surface area contributed by atoms with E-state index in [2.05, 4.69) is 10.5 Å². The van der Waals surface area contributed by atoms with Gasteiger partial charge < -0.3 is 19.7 Å². The lowest BCUT2D eigenvalue weighted by Crippen LogP contribution is -2.12. The molecule has 0 atom stereocenters. The minimum absolute atomic E-state index is 0.196. The van der Waals surface area contributed by atoms with Crippen LogP contribution in [-0.4, -0.2) is 17.6 Å². The Morgan fingerprint density at radius 1 is 1.26 bits per heavy atom. The second-order valence-electron chi connectivity index (χ2n) is 4.83. The van der Waals surface area contributed by atoms with Crippen molar-refractivity contribution in [1.82, 2.24) is 0 Å². The molecule has 0 aliphatic rings. The van der Waals surface area contributed by atoms with Crippen LogP contribution in [0.4, 0.5) is 5.69 Å². The van der Waals surface area contributed by atoms with Gasteiger partial charge in [0.05, 0.1) is 6.61 Å². The highest BCUT2D eigenvalue weighted by Crippen LogP contribution is 2.25. The molecule has 0 aliphatic carbocycles. The summed E-state index contributed by atoms with van der Waals surface area (Å²) < 4.78 is 11.2. The Hall–Kier alpha value is -2.66. The fourth-order valence-corrected chi connectivity index (χ4v) is 2.42. The van der Waals surface area contributed by atoms with Crippen LogP contribution >= 0.6 is 11.6 Å². The van der Waals surface area contributed by atoms with E-state index in [-0.39, 0.29) is 5.84 Å². The van der Waals surface area contributed by atoms with Gasteiger partial charge in [-0.15, -0.1) is 0 Å². The molecule has 0 saturated carbocycles. The largest absolute Gasteiger partial charge is 0.494 e. The highest BCUT2D eigenvalue weighted by Gasteiger charge is 2.12. The number of ether oxygens (including phenoxy) is 1. The molecule has 0 aliphatic heterocycles. The first-order valence-corrected chi connectivity index (χ1v) is 7.49. The third kappa shape index (κ3) is 3.40. The number of hydrogen-bond acceptors (Lipinski definition) is 4. The number of anilines is 1. The monoisotopic (exact) mass is 330 g/mol. The lowest BCUT2D eigenvalue weighted by Gasteiger charge is -2.05. The van der Waals surface area contributed by atoms with Crippen LogP contribution in [0.1, 0.15) is 12.7 Å². The molecule has 0 amide bonds. The van der Waals surface area contributed by atoms with E-state index in [9.17, 15) is 5.21 Å². The maximum atomic E-state index is 9.28. The highest BCUT2D eigenvalue weighted by molar-refractivity contribution is 6.31. The number of nitrogens with one attached hydrogen (secondary N) is 1. The molecule has 6 heteroatoms. The third-order valence-corrected chi connectivity index (χ3v) is 3.45. The van der Waals surface area contributed by atoms with E-state index in [1.165, 1.54) is 0 Å². The summed E-state index contributed by atoms with van der Waals surface area (Å²) in [5.41, 5.74) is 1.37. The normalized spacial score (nSPS) is 11.7. The Kier molecular flexibility index (Phi) is 4.39. The minimum atomic E-state index is 0.196. The number of furan rings is 1. The second-order valence-corrected chi connectivity index (χ2v) is 5.26. The van der Waals surface area contributed by atoms with Crippen molar-refractivity contribution in [3.63, 3.8) is 0 Å². The molecule has 2 aromatic carbocycles. The van der Waals surface area contributed by atoms with E-state index >= 15 is 0 Å². The van der Waals surface area contributed by atoms with Crippen molar-refractivity contribution in [2.24, 2.45) is 5.16 Å². The summed E-state index contributed by atoms with van der Waals surface area (Å²) in [6, 6.07) is 14.4. The number of oxime groups is 1. The molecule has 0 radical (unpaired) electrons. The maximum Gasteiger partial charge on any atom is 0.212 e. The van der Waals surface area contributed by atoms with Gasteiger partial charge in [-0.1, -0.05) is 22.8 Å². The average Bonchev–Trinajstić information content (AvgIpc) is 2.96. The van der Waals surface area contributed by atoms with Crippen LogP contribution in [0.5, 0.6) is 5.75 Å². The Bertz CT molecular complexity index is 858. The van der Waals surface area contributed by atoms with Crippen molar-refractivity contribution >= 4 is 34.1 Å². The van der Waals surface area contributed by atoms with Gasteiger partial charge in [-0.25, -0.2) is 0 Å². The van der Waals surface area contributed by atoms with E-state index in [0.717, 1.165) is 11.1 Å². The van der Waals surface area contributed by atoms with Crippen LogP contribution in [0.3, 0.4) is 0 Å². The number of hydrogen-bond donors (Lipinski definition) is 2. The van der Waals surface area contributed by atoms with Gasteiger partial charge in [-0.3, -0.25) is 0 Å². The molecule has 3 rings (SSSR count). The molecular formula is C17H15ClN2O3. The topological polar surface area (TPSA) is 67.0 Å². The lowest BCUT2D eigenvalue weighted by atomic mass is 10.2. The predicted octanol–water partition coefficient (Wildman–Crippen LogP) is 4.73. The molecule has 118 valence electrons. The second kappa shape index (κ2) is 6.62. The molecule has 5 nitrogen and oxygen atoms in total. The van der Waals surface area contributed by atoms with Crippen LogP contribution < -0.4 is 10.1 Å². The van der Waals surface area contributed by atoms with Gasteiger partial charge in [0, 0.05) is 16.1 Å². The molecular weight excluding hydrogens is 316 g/mol. The van der Waals surface area contributed by atoms with E-state index in [1.807, 2.05) is 31.2 Å². The van der Waals surface area contributed by atoms with Crippen molar-refractivity contribution in [3.05, 3.63) is 59.3 Å². The summed E-state index contributed by atoms with van der Waals surface area (Å²) in [5, 5.41) is 17.0. The quantitative estimate of drug-likeness (QED) is 0.314. The zero-order valence-electron chi connectivity index (χ0n) is 12.4. The van der Waals surface area contributed by atoms with Crippen molar-refractivity contribution in [3.8, 4) is 5.75 Å². The van der Waals surface area contributed by atoms with Crippen LogP contribution in [0.15, 0.2) is 58.1 Å². The smallest absolute Gasteiger partial charge is 0.212 e. The third-order valence-electron chi connectivity index (χ3n) is 3.22. The van der Waals surface area contributed by atoms with Gasteiger partial charge in [0.1, 0.15) is 11.3 Å². The average molecular weight is 331 g/mol. The molecule has 0 unspecified atom stereocenters. The molecule has 1 heterocycles. The molecule has 23 heavy (non-hydrogen) atoms. The zero-order valence-corrected chi connectivity index (χ0v) is 13.2. The molecule has 0 bridgehead atoms. The van der Waals surface area contributed by atoms with Gasteiger partial charge in [-0.2, -0.15) is 0 Å². The minimum Gasteiger partial charge on any atom is -0.494 e. The molecule has 0 fully saturated rings. The predicted molar refractivity (Wildman–Crippen MR) is 90.8 cm³/mol. The van der Waals surface area contributed by atoms with Crippen molar-refractivity contribution in [1.29, 1.82) is 0 Å². The number of halogens is 1. The van der Waals surface area contributed by atoms with E-state index in [1.54, 1.807) is 24.3 Å². The molecule has 1 aromatic heterocycles. The van der Waals surface area contributed by atoms with E-state index < -0.39 is 0 Å². The molecule has 0 spiro atoms. The summed E-state index contributed by atoms with van der Waals surface area (Å²) in [6.45, 7) is 2.52. The van der Waals surface area contributed by atoms with Crippen LogP contribution in [0.25, 0.3) is 11.0 Å². The first-order valence-electron chi connectivity index (χ1n) is 7.11. The van der Waals surface area contributed by atoms with Gasteiger partial charge in [-0.05, 0) is 49.4 Å². The summed E-state index contributed by atoms with van der Waals surface area (Å²) in [4.78, 5) is 0. The van der Waals surface area contributed by atoms with Crippen molar-refractivity contribution in [2.75, 3.05) is 11.9 Å². The van der Waals surface area contributed by atoms with Gasteiger partial charge >= 0.3 is 0 Å².